The summed E-state index contributed by atoms with van der Waals surface area (Å²) in [6.45, 7) is 7.27. The lowest BCUT2D eigenvalue weighted by atomic mass is 10.1. The van der Waals surface area contributed by atoms with E-state index in [1.165, 1.54) is 0 Å². The number of esters is 1. The maximum absolute atomic E-state index is 11.6. The molecule has 0 aliphatic rings. The summed E-state index contributed by atoms with van der Waals surface area (Å²) in [7, 11) is 0. The summed E-state index contributed by atoms with van der Waals surface area (Å²) in [5, 5.41) is 4.54. The monoisotopic (exact) mass is 336 g/mol. The Balaban J connectivity index is 2.37. The van der Waals surface area contributed by atoms with E-state index in [9.17, 15) is 14.4 Å². The third-order valence-corrected chi connectivity index (χ3v) is 3.09. The van der Waals surface area contributed by atoms with E-state index < -0.39 is 24.5 Å². The van der Waals surface area contributed by atoms with Gasteiger partial charge in [-0.05, 0) is 38.3 Å². The van der Waals surface area contributed by atoms with Crippen molar-refractivity contribution in [3.63, 3.8) is 0 Å². The van der Waals surface area contributed by atoms with Gasteiger partial charge in [-0.2, -0.15) is 0 Å². The van der Waals surface area contributed by atoms with Gasteiger partial charge < -0.3 is 14.8 Å². The molecular weight excluding hydrogens is 312 g/mol. The summed E-state index contributed by atoms with van der Waals surface area (Å²) >= 11 is 0. The molecule has 3 amide bonds. The molecule has 1 aromatic rings. The number of rotatable bonds is 7. The van der Waals surface area contributed by atoms with E-state index in [1.807, 2.05) is 39.8 Å². The van der Waals surface area contributed by atoms with Crippen molar-refractivity contribution in [2.75, 3.05) is 19.8 Å². The summed E-state index contributed by atoms with van der Waals surface area (Å²) in [6.07, 6.45) is 0.756. The van der Waals surface area contributed by atoms with Gasteiger partial charge in [-0.25, -0.2) is 9.59 Å². The van der Waals surface area contributed by atoms with Crippen molar-refractivity contribution < 1.29 is 23.9 Å². The van der Waals surface area contributed by atoms with Crippen LogP contribution in [0.4, 0.5) is 4.79 Å². The van der Waals surface area contributed by atoms with Crippen LogP contribution in [-0.4, -0.2) is 37.7 Å². The van der Waals surface area contributed by atoms with E-state index in [1.54, 1.807) is 0 Å². The largest absolute Gasteiger partial charge is 0.481 e. The Hall–Kier alpha value is -2.57. The zero-order chi connectivity index (χ0) is 18.1. The van der Waals surface area contributed by atoms with Crippen LogP contribution in [0.1, 0.15) is 30.0 Å². The molecule has 132 valence electrons. The van der Waals surface area contributed by atoms with Crippen molar-refractivity contribution in [3.8, 4) is 5.75 Å². The first-order chi connectivity index (χ1) is 11.3. The van der Waals surface area contributed by atoms with Gasteiger partial charge in [0.1, 0.15) is 5.75 Å². The fourth-order valence-corrected chi connectivity index (χ4v) is 2.16. The number of aryl methyl sites for hydroxylation is 3. The van der Waals surface area contributed by atoms with Gasteiger partial charge in [0, 0.05) is 6.54 Å². The fraction of sp³-hybridized carbons (Fsp3) is 0.471. The molecule has 0 saturated heterocycles. The van der Waals surface area contributed by atoms with Crippen molar-refractivity contribution in [1.29, 1.82) is 0 Å². The maximum Gasteiger partial charge on any atom is 0.344 e. The first-order valence-corrected chi connectivity index (χ1v) is 7.77. The van der Waals surface area contributed by atoms with E-state index >= 15 is 0 Å². The number of urea groups is 1. The number of amides is 3. The highest BCUT2D eigenvalue weighted by Gasteiger charge is 2.12. The van der Waals surface area contributed by atoms with Crippen LogP contribution in [0.2, 0.25) is 0 Å². The Morgan fingerprint density at radius 2 is 1.67 bits per heavy atom. The highest BCUT2D eigenvalue weighted by molar-refractivity contribution is 5.95. The lowest BCUT2D eigenvalue weighted by Gasteiger charge is -2.12. The summed E-state index contributed by atoms with van der Waals surface area (Å²) in [4.78, 5) is 34.4. The highest BCUT2D eigenvalue weighted by Crippen LogP contribution is 2.24. The molecule has 7 nitrogen and oxygen atoms in total. The summed E-state index contributed by atoms with van der Waals surface area (Å²) in [6, 6.07) is 3.30. The van der Waals surface area contributed by atoms with Crippen molar-refractivity contribution >= 4 is 17.9 Å². The molecule has 24 heavy (non-hydrogen) atoms. The van der Waals surface area contributed by atoms with Crippen molar-refractivity contribution in [1.82, 2.24) is 10.6 Å². The minimum absolute atomic E-state index is 0.306. The van der Waals surface area contributed by atoms with Crippen LogP contribution in [0.25, 0.3) is 0 Å². The standard InChI is InChI=1S/C17H24N2O5/c1-5-6-18-17(22)19-14(20)9-23-15(21)10-24-16-12(3)7-11(2)8-13(16)4/h7-8H,5-6,9-10H2,1-4H3,(H2,18,19,20,22). The zero-order valence-electron chi connectivity index (χ0n) is 14.5. The van der Waals surface area contributed by atoms with Gasteiger partial charge in [0.05, 0.1) is 0 Å². The number of nitrogens with one attached hydrogen (secondary N) is 2. The topological polar surface area (TPSA) is 93.7 Å². The molecule has 0 radical (unpaired) electrons. The van der Waals surface area contributed by atoms with Gasteiger partial charge >= 0.3 is 12.0 Å². The first kappa shape index (κ1) is 19.5. The lowest BCUT2D eigenvalue weighted by molar-refractivity contribution is -0.150. The van der Waals surface area contributed by atoms with Crippen molar-refractivity contribution in [3.05, 3.63) is 28.8 Å². The van der Waals surface area contributed by atoms with Crippen LogP contribution in [0, 0.1) is 20.8 Å². The molecule has 0 aromatic heterocycles. The Kier molecular flexibility index (Phi) is 7.74. The Morgan fingerprint density at radius 1 is 1.04 bits per heavy atom. The van der Waals surface area contributed by atoms with E-state index in [-0.39, 0.29) is 6.61 Å². The van der Waals surface area contributed by atoms with E-state index in [2.05, 4.69) is 10.6 Å². The number of carbonyl (C=O) groups excluding carboxylic acids is 3. The molecule has 0 atom stereocenters. The molecule has 2 N–H and O–H groups in total. The van der Waals surface area contributed by atoms with Gasteiger partial charge in [-0.1, -0.05) is 24.6 Å². The predicted octanol–water partition coefficient (Wildman–Crippen LogP) is 1.77. The Bertz CT molecular complexity index is 590. The highest BCUT2D eigenvalue weighted by atomic mass is 16.6. The molecule has 1 rings (SSSR count). The molecule has 0 spiro atoms. The third-order valence-electron chi connectivity index (χ3n) is 3.09. The van der Waals surface area contributed by atoms with Gasteiger partial charge in [0.15, 0.2) is 13.2 Å². The molecular formula is C17H24N2O5. The minimum atomic E-state index is -0.695. The van der Waals surface area contributed by atoms with Crippen LogP contribution in [0.15, 0.2) is 12.1 Å². The van der Waals surface area contributed by atoms with Gasteiger partial charge in [-0.3, -0.25) is 10.1 Å². The second-order valence-electron chi connectivity index (χ2n) is 5.48. The molecule has 0 aliphatic carbocycles. The summed E-state index contributed by atoms with van der Waals surface area (Å²) in [5.74, 6) is -0.751. The number of ether oxygens (including phenoxy) is 2. The van der Waals surface area contributed by atoms with Crippen LogP contribution in [0.3, 0.4) is 0 Å². The smallest absolute Gasteiger partial charge is 0.344 e. The van der Waals surface area contributed by atoms with Crippen LogP contribution in [-0.2, 0) is 14.3 Å². The van der Waals surface area contributed by atoms with Crippen molar-refractivity contribution in [2.45, 2.75) is 34.1 Å². The second-order valence-corrected chi connectivity index (χ2v) is 5.48. The SMILES string of the molecule is CCCNC(=O)NC(=O)COC(=O)COc1c(C)cc(C)cc1C. The van der Waals surface area contributed by atoms with Gasteiger partial charge in [0.25, 0.3) is 5.91 Å². The molecule has 0 aliphatic heterocycles. The lowest BCUT2D eigenvalue weighted by Crippen LogP contribution is -2.41. The average Bonchev–Trinajstić information content (AvgIpc) is 2.49. The van der Waals surface area contributed by atoms with Crippen molar-refractivity contribution in [2.24, 2.45) is 0 Å². The molecule has 0 fully saturated rings. The van der Waals surface area contributed by atoms with Crippen LogP contribution < -0.4 is 15.4 Å². The van der Waals surface area contributed by atoms with E-state index in [0.717, 1.165) is 23.1 Å². The number of benzene rings is 1. The van der Waals surface area contributed by atoms with Gasteiger partial charge in [0.2, 0.25) is 0 Å². The predicted molar refractivity (Wildman–Crippen MR) is 88.9 cm³/mol. The maximum atomic E-state index is 11.6. The molecule has 0 heterocycles. The van der Waals surface area contributed by atoms with Gasteiger partial charge in [-0.15, -0.1) is 0 Å². The number of carbonyl (C=O) groups is 3. The second kappa shape index (κ2) is 9.54. The molecule has 0 bridgehead atoms. The number of imide groups is 1. The van der Waals surface area contributed by atoms with Crippen LogP contribution in [0.5, 0.6) is 5.75 Å². The number of hydrogen-bond donors (Lipinski definition) is 2. The molecule has 0 unspecified atom stereocenters. The molecule has 1 aromatic carbocycles. The zero-order valence-corrected chi connectivity index (χ0v) is 14.5. The number of hydrogen-bond acceptors (Lipinski definition) is 5. The summed E-state index contributed by atoms with van der Waals surface area (Å²) in [5.41, 5.74) is 2.95. The van der Waals surface area contributed by atoms with Crippen LogP contribution >= 0.6 is 0 Å². The fourth-order valence-electron chi connectivity index (χ4n) is 2.16. The third kappa shape index (κ3) is 6.68. The van der Waals surface area contributed by atoms with E-state index in [0.29, 0.717) is 12.3 Å². The summed E-state index contributed by atoms with van der Waals surface area (Å²) < 4.78 is 10.2. The minimum Gasteiger partial charge on any atom is -0.481 e. The first-order valence-electron chi connectivity index (χ1n) is 7.77. The molecule has 7 heteroatoms. The quantitative estimate of drug-likeness (QED) is 0.740. The average molecular weight is 336 g/mol. The Labute approximate surface area is 141 Å². The Morgan fingerprint density at radius 3 is 2.25 bits per heavy atom. The normalized spacial score (nSPS) is 10.0. The molecule has 0 saturated carbocycles. The van der Waals surface area contributed by atoms with E-state index in [4.69, 9.17) is 9.47 Å².